The Bertz CT molecular complexity index is 1710. The van der Waals surface area contributed by atoms with Crippen molar-refractivity contribution in [1.29, 1.82) is 0 Å². The Morgan fingerprint density at radius 1 is 0.425 bits per heavy atom. The van der Waals surface area contributed by atoms with E-state index in [4.69, 9.17) is 0 Å². The van der Waals surface area contributed by atoms with Crippen molar-refractivity contribution in [3.8, 4) is 51.0 Å². The predicted octanol–water partition coefficient (Wildman–Crippen LogP) is 7.96. The van der Waals surface area contributed by atoms with Gasteiger partial charge in [0.1, 0.15) is 28.7 Å². The van der Waals surface area contributed by atoms with Crippen LogP contribution in [0.3, 0.4) is 0 Å². The van der Waals surface area contributed by atoms with Crippen molar-refractivity contribution in [3.05, 3.63) is 124 Å². The minimum Gasteiger partial charge on any atom is -0.508 e. The van der Waals surface area contributed by atoms with Gasteiger partial charge in [0.2, 0.25) is 0 Å². The zero-order chi connectivity index (χ0) is 28.7. The number of aromatic hydroxyl groups is 5. The standard InChI is InChI=1S/C35H32O5/c1-19-17-31(38)21(3)15-27(19)23-13-14-26(35(40)34(23)28-16-22(4)32(39)18-20(28)2)33(24-9-5-7-11-29(24)36)25-10-6-8-12-30(25)37/h5-18,33,36-40H,1-4H3. The first kappa shape index (κ1) is 26.7. The molecule has 5 heteroatoms. The molecule has 0 spiro atoms. The van der Waals surface area contributed by atoms with E-state index in [0.717, 1.165) is 27.8 Å². The lowest BCUT2D eigenvalue weighted by Crippen LogP contribution is -2.06. The molecule has 0 aromatic heterocycles. The number of hydrogen-bond acceptors (Lipinski definition) is 5. The number of aryl methyl sites for hydroxylation is 4. The highest BCUT2D eigenvalue weighted by Gasteiger charge is 2.28. The molecule has 0 aliphatic carbocycles. The maximum atomic E-state index is 12.2. The topological polar surface area (TPSA) is 101 Å². The second-order valence-corrected chi connectivity index (χ2v) is 10.4. The van der Waals surface area contributed by atoms with Crippen LogP contribution in [-0.2, 0) is 0 Å². The van der Waals surface area contributed by atoms with Crippen LogP contribution in [-0.4, -0.2) is 25.5 Å². The van der Waals surface area contributed by atoms with Crippen molar-refractivity contribution in [2.45, 2.75) is 33.6 Å². The van der Waals surface area contributed by atoms with Crippen LogP contribution in [0.1, 0.15) is 44.9 Å². The van der Waals surface area contributed by atoms with E-state index in [2.05, 4.69) is 0 Å². The zero-order valence-corrected chi connectivity index (χ0v) is 22.9. The van der Waals surface area contributed by atoms with Gasteiger partial charge in [-0.15, -0.1) is 0 Å². The lowest BCUT2D eigenvalue weighted by molar-refractivity contribution is 0.451. The molecule has 0 fully saturated rings. The van der Waals surface area contributed by atoms with Crippen LogP contribution >= 0.6 is 0 Å². The first-order chi connectivity index (χ1) is 19.1. The summed E-state index contributed by atoms with van der Waals surface area (Å²) in [4.78, 5) is 0. The third kappa shape index (κ3) is 4.60. The summed E-state index contributed by atoms with van der Waals surface area (Å²) in [6.45, 7) is 7.42. The minimum absolute atomic E-state index is 0.00711. The number of hydrogen-bond donors (Lipinski definition) is 5. The Morgan fingerprint density at radius 2 is 0.900 bits per heavy atom. The number of phenols is 5. The predicted molar refractivity (Wildman–Crippen MR) is 158 cm³/mol. The lowest BCUT2D eigenvalue weighted by Gasteiger charge is -2.25. The molecule has 0 aliphatic rings. The number of phenolic OH excluding ortho intramolecular Hbond substituents is 5. The molecule has 0 saturated carbocycles. The summed E-state index contributed by atoms with van der Waals surface area (Å²) in [6.07, 6.45) is 0. The summed E-state index contributed by atoms with van der Waals surface area (Å²) in [5, 5.41) is 54.7. The summed E-state index contributed by atoms with van der Waals surface area (Å²) in [5.74, 6) is -0.246. The van der Waals surface area contributed by atoms with Crippen molar-refractivity contribution in [1.82, 2.24) is 0 Å². The highest BCUT2D eigenvalue weighted by molar-refractivity contribution is 5.92. The van der Waals surface area contributed by atoms with Crippen LogP contribution in [0, 0.1) is 27.7 Å². The van der Waals surface area contributed by atoms with E-state index in [1.165, 1.54) is 0 Å². The summed E-state index contributed by atoms with van der Waals surface area (Å²) < 4.78 is 0. The highest BCUT2D eigenvalue weighted by Crippen LogP contribution is 2.50. The normalized spacial score (nSPS) is 11.2. The van der Waals surface area contributed by atoms with E-state index in [-0.39, 0.29) is 28.7 Å². The van der Waals surface area contributed by atoms with Crippen LogP contribution in [0.2, 0.25) is 0 Å². The molecule has 5 rings (SSSR count). The Balaban J connectivity index is 1.89. The van der Waals surface area contributed by atoms with Crippen molar-refractivity contribution in [2.24, 2.45) is 0 Å². The van der Waals surface area contributed by atoms with Gasteiger partial charge in [-0.2, -0.15) is 0 Å². The van der Waals surface area contributed by atoms with Gasteiger partial charge in [-0.3, -0.25) is 0 Å². The van der Waals surface area contributed by atoms with Crippen molar-refractivity contribution >= 4 is 0 Å². The van der Waals surface area contributed by atoms with Gasteiger partial charge >= 0.3 is 0 Å². The molecule has 0 aliphatic heterocycles. The molecule has 0 bridgehead atoms. The van der Waals surface area contributed by atoms with E-state index < -0.39 is 5.92 Å². The van der Waals surface area contributed by atoms with E-state index >= 15 is 0 Å². The second-order valence-electron chi connectivity index (χ2n) is 10.4. The van der Waals surface area contributed by atoms with Crippen molar-refractivity contribution in [2.75, 3.05) is 0 Å². The Labute approximate surface area is 233 Å². The second kappa shape index (κ2) is 10.3. The molecule has 5 nitrogen and oxygen atoms in total. The van der Waals surface area contributed by atoms with E-state index in [9.17, 15) is 25.5 Å². The molecule has 0 radical (unpaired) electrons. The largest absolute Gasteiger partial charge is 0.508 e. The average Bonchev–Trinajstić information content (AvgIpc) is 2.91. The van der Waals surface area contributed by atoms with Crippen LogP contribution in [0.25, 0.3) is 22.3 Å². The molecule has 202 valence electrons. The van der Waals surface area contributed by atoms with Crippen molar-refractivity contribution < 1.29 is 25.5 Å². The van der Waals surface area contributed by atoms with Gasteiger partial charge in [0, 0.05) is 28.2 Å². The average molecular weight is 533 g/mol. The third-order valence-corrected chi connectivity index (χ3v) is 7.66. The van der Waals surface area contributed by atoms with E-state index in [0.29, 0.717) is 33.4 Å². The van der Waals surface area contributed by atoms with Gasteiger partial charge < -0.3 is 25.5 Å². The molecule has 0 atom stereocenters. The molecule has 0 amide bonds. The van der Waals surface area contributed by atoms with Crippen LogP contribution in [0.4, 0.5) is 0 Å². The number of rotatable bonds is 5. The maximum absolute atomic E-state index is 12.2. The molecule has 40 heavy (non-hydrogen) atoms. The van der Waals surface area contributed by atoms with Gasteiger partial charge in [-0.1, -0.05) is 48.5 Å². The van der Waals surface area contributed by atoms with E-state index in [1.807, 2.05) is 64.1 Å². The summed E-state index contributed by atoms with van der Waals surface area (Å²) in [6, 6.07) is 24.7. The first-order valence-corrected chi connectivity index (χ1v) is 13.1. The minimum atomic E-state index is -0.684. The number of para-hydroxylation sites is 2. The molecular weight excluding hydrogens is 500 g/mol. The number of benzene rings is 5. The van der Waals surface area contributed by atoms with Crippen LogP contribution < -0.4 is 0 Å². The SMILES string of the molecule is Cc1cc(-c2ccc(C(c3ccccc3O)c3ccccc3O)c(O)c2-c2cc(C)c(O)cc2C)c(C)cc1O. The summed E-state index contributed by atoms with van der Waals surface area (Å²) in [7, 11) is 0. The molecule has 5 aromatic rings. The Hall–Kier alpha value is -4.90. The molecule has 0 unspecified atom stereocenters. The third-order valence-electron chi connectivity index (χ3n) is 7.66. The first-order valence-electron chi connectivity index (χ1n) is 13.1. The van der Waals surface area contributed by atoms with Crippen LogP contribution in [0.5, 0.6) is 28.7 Å². The van der Waals surface area contributed by atoms with Gasteiger partial charge in [-0.25, -0.2) is 0 Å². The van der Waals surface area contributed by atoms with Gasteiger partial charge in [0.15, 0.2) is 0 Å². The molecule has 5 N–H and O–H groups in total. The smallest absolute Gasteiger partial charge is 0.128 e. The lowest BCUT2D eigenvalue weighted by atomic mass is 9.79. The quantitative estimate of drug-likeness (QED) is 0.148. The summed E-state index contributed by atoms with van der Waals surface area (Å²) >= 11 is 0. The highest BCUT2D eigenvalue weighted by atomic mass is 16.3. The van der Waals surface area contributed by atoms with Crippen molar-refractivity contribution in [3.63, 3.8) is 0 Å². The Morgan fingerprint density at radius 3 is 1.43 bits per heavy atom. The Kier molecular flexibility index (Phi) is 6.90. The monoisotopic (exact) mass is 532 g/mol. The van der Waals surface area contributed by atoms with Gasteiger partial charge in [-0.05, 0) is 103 Å². The molecular formula is C35H32O5. The molecule has 0 heterocycles. The molecule has 5 aromatic carbocycles. The fraction of sp³-hybridized carbons (Fsp3) is 0.143. The van der Waals surface area contributed by atoms with Gasteiger partial charge in [0.25, 0.3) is 0 Å². The molecule has 0 saturated heterocycles. The van der Waals surface area contributed by atoms with E-state index in [1.54, 1.807) is 48.5 Å². The van der Waals surface area contributed by atoms with Crippen LogP contribution in [0.15, 0.2) is 84.9 Å². The fourth-order valence-corrected chi connectivity index (χ4v) is 5.46. The zero-order valence-electron chi connectivity index (χ0n) is 22.9. The van der Waals surface area contributed by atoms with Gasteiger partial charge in [0.05, 0.1) is 0 Å². The fourth-order valence-electron chi connectivity index (χ4n) is 5.46. The summed E-state index contributed by atoms with van der Waals surface area (Å²) in [5.41, 5.74) is 7.44. The maximum Gasteiger partial charge on any atom is 0.128 e.